The van der Waals surface area contributed by atoms with Gasteiger partial charge in [0.1, 0.15) is 0 Å². The van der Waals surface area contributed by atoms with Crippen molar-refractivity contribution in [3.05, 3.63) is 23.5 Å². The number of nitrogen functional groups attached to an aromatic ring is 1. The zero-order chi connectivity index (χ0) is 14.3. The summed E-state index contributed by atoms with van der Waals surface area (Å²) in [5, 5.41) is 2.91. The molecule has 19 heavy (non-hydrogen) atoms. The Balaban J connectivity index is 2.41. The number of nitrogens with two attached hydrogens (primary N) is 1. The van der Waals surface area contributed by atoms with E-state index in [9.17, 15) is 4.79 Å². The van der Waals surface area contributed by atoms with Gasteiger partial charge in [0, 0.05) is 6.54 Å². The Hall–Kier alpha value is -1.62. The van der Waals surface area contributed by atoms with Gasteiger partial charge in [-0.15, -0.1) is 0 Å². The van der Waals surface area contributed by atoms with Crippen molar-refractivity contribution < 1.29 is 4.79 Å². The zero-order valence-electron chi connectivity index (χ0n) is 12.1. The van der Waals surface area contributed by atoms with Crippen LogP contribution in [0, 0.1) is 6.92 Å². The lowest BCUT2D eigenvalue weighted by atomic mass is 10.2. The van der Waals surface area contributed by atoms with Crippen molar-refractivity contribution >= 4 is 11.6 Å². The van der Waals surface area contributed by atoms with Crippen LogP contribution < -0.4 is 11.1 Å². The maximum Gasteiger partial charge on any atom is 0.253 e. The fourth-order valence-corrected chi connectivity index (χ4v) is 1.92. The molecule has 0 aliphatic rings. The van der Waals surface area contributed by atoms with E-state index in [1.54, 1.807) is 12.3 Å². The van der Waals surface area contributed by atoms with E-state index in [0.717, 1.165) is 26.1 Å². The lowest BCUT2D eigenvalue weighted by Crippen LogP contribution is -2.30. The molecule has 1 aromatic heterocycles. The van der Waals surface area contributed by atoms with Crippen LogP contribution in [-0.4, -0.2) is 42.0 Å². The van der Waals surface area contributed by atoms with Gasteiger partial charge in [-0.3, -0.25) is 9.78 Å². The van der Waals surface area contributed by atoms with Crippen LogP contribution in [0.5, 0.6) is 0 Å². The summed E-state index contributed by atoms with van der Waals surface area (Å²) in [6, 6.07) is 1.67. The number of nitrogens with one attached hydrogen (secondary N) is 1. The molecule has 0 atom stereocenters. The molecule has 1 amide bonds. The summed E-state index contributed by atoms with van der Waals surface area (Å²) >= 11 is 0. The minimum absolute atomic E-state index is 0.100. The number of aromatic nitrogens is 1. The van der Waals surface area contributed by atoms with Crippen molar-refractivity contribution in [1.82, 2.24) is 15.2 Å². The predicted octanol–water partition coefficient (Wildman–Crippen LogP) is 1.43. The second kappa shape index (κ2) is 7.74. The number of aryl methyl sites for hydroxylation is 1. The van der Waals surface area contributed by atoms with Gasteiger partial charge in [-0.25, -0.2) is 0 Å². The number of nitrogens with zero attached hydrogens (tertiary/aromatic N) is 2. The molecule has 1 aromatic rings. The largest absolute Gasteiger partial charge is 0.397 e. The average Bonchev–Trinajstić information content (AvgIpc) is 2.41. The van der Waals surface area contributed by atoms with Crippen LogP contribution >= 0.6 is 0 Å². The van der Waals surface area contributed by atoms with Crippen LogP contribution in [0.3, 0.4) is 0 Å². The van der Waals surface area contributed by atoms with Gasteiger partial charge < -0.3 is 16.0 Å². The molecule has 0 saturated heterocycles. The molecule has 0 aliphatic heterocycles. The van der Waals surface area contributed by atoms with E-state index in [4.69, 9.17) is 5.73 Å². The molecule has 0 unspecified atom stereocenters. The Bertz CT molecular complexity index is 416. The molecule has 5 nitrogen and oxygen atoms in total. The highest BCUT2D eigenvalue weighted by Crippen LogP contribution is 2.09. The maximum atomic E-state index is 12.0. The number of hydrogen-bond acceptors (Lipinski definition) is 4. The summed E-state index contributed by atoms with van der Waals surface area (Å²) in [4.78, 5) is 18.4. The van der Waals surface area contributed by atoms with Gasteiger partial charge in [-0.05, 0) is 39.0 Å². The molecular formula is C14H24N4O. The molecule has 3 N–H and O–H groups in total. The van der Waals surface area contributed by atoms with E-state index in [0.29, 0.717) is 23.5 Å². The molecule has 0 bridgehead atoms. The molecule has 0 radical (unpaired) electrons. The summed E-state index contributed by atoms with van der Waals surface area (Å²) in [6.07, 6.45) is 2.51. The molecule has 0 aliphatic carbocycles. The first-order chi connectivity index (χ1) is 9.08. The molecule has 1 heterocycles. The SMILES string of the molecule is CCN(CC)CCCNC(=O)c1cc(N)cnc1C. The Morgan fingerprint density at radius 1 is 1.42 bits per heavy atom. The van der Waals surface area contributed by atoms with E-state index < -0.39 is 0 Å². The highest BCUT2D eigenvalue weighted by Gasteiger charge is 2.09. The van der Waals surface area contributed by atoms with Crippen molar-refractivity contribution in [2.24, 2.45) is 0 Å². The first kappa shape index (κ1) is 15.4. The summed E-state index contributed by atoms with van der Waals surface area (Å²) in [5.74, 6) is -0.100. The molecule has 0 saturated carbocycles. The van der Waals surface area contributed by atoms with Gasteiger partial charge >= 0.3 is 0 Å². The second-order valence-corrected chi connectivity index (χ2v) is 4.54. The standard InChI is InChI=1S/C14H24N4O/c1-4-18(5-2)8-6-7-16-14(19)13-9-12(15)10-17-11(13)3/h9-10H,4-8,15H2,1-3H3,(H,16,19). The van der Waals surface area contributed by atoms with Crippen LogP contribution in [-0.2, 0) is 0 Å². The number of carbonyl (C=O) groups excluding carboxylic acids is 1. The molecule has 5 heteroatoms. The van der Waals surface area contributed by atoms with Crippen molar-refractivity contribution in [2.45, 2.75) is 27.2 Å². The smallest absolute Gasteiger partial charge is 0.253 e. The van der Waals surface area contributed by atoms with Crippen LogP contribution in [0.25, 0.3) is 0 Å². The Kier molecular flexibility index (Phi) is 6.29. The van der Waals surface area contributed by atoms with E-state index in [-0.39, 0.29) is 5.91 Å². The summed E-state index contributed by atoms with van der Waals surface area (Å²) in [6.45, 7) is 9.86. The third kappa shape index (κ3) is 4.87. The molecule has 0 aromatic carbocycles. The van der Waals surface area contributed by atoms with Gasteiger partial charge in [-0.1, -0.05) is 13.8 Å². The molecule has 0 fully saturated rings. The van der Waals surface area contributed by atoms with Gasteiger partial charge in [0.2, 0.25) is 0 Å². The Morgan fingerprint density at radius 3 is 2.74 bits per heavy atom. The van der Waals surface area contributed by atoms with E-state index in [1.807, 2.05) is 6.92 Å². The normalized spacial score (nSPS) is 10.7. The van der Waals surface area contributed by atoms with Gasteiger partial charge in [0.15, 0.2) is 0 Å². The van der Waals surface area contributed by atoms with Crippen molar-refractivity contribution in [3.8, 4) is 0 Å². The monoisotopic (exact) mass is 264 g/mol. The van der Waals surface area contributed by atoms with Crippen LogP contribution in [0.15, 0.2) is 12.3 Å². The highest BCUT2D eigenvalue weighted by atomic mass is 16.1. The number of hydrogen-bond donors (Lipinski definition) is 2. The number of pyridine rings is 1. The van der Waals surface area contributed by atoms with Gasteiger partial charge in [-0.2, -0.15) is 0 Å². The van der Waals surface area contributed by atoms with Gasteiger partial charge in [0.05, 0.1) is 23.1 Å². The summed E-state index contributed by atoms with van der Waals surface area (Å²) in [5.41, 5.74) is 7.42. The van der Waals surface area contributed by atoms with Crippen molar-refractivity contribution in [2.75, 3.05) is 31.9 Å². The van der Waals surface area contributed by atoms with Crippen molar-refractivity contribution in [3.63, 3.8) is 0 Å². The fraction of sp³-hybridized carbons (Fsp3) is 0.571. The first-order valence-corrected chi connectivity index (χ1v) is 6.81. The van der Waals surface area contributed by atoms with E-state index in [1.165, 1.54) is 0 Å². The Morgan fingerprint density at radius 2 is 2.11 bits per heavy atom. The van der Waals surface area contributed by atoms with Gasteiger partial charge in [0.25, 0.3) is 5.91 Å². The first-order valence-electron chi connectivity index (χ1n) is 6.81. The molecular weight excluding hydrogens is 240 g/mol. The van der Waals surface area contributed by atoms with Crippen molar-refractivity contribution in [1.29, 1.82) is 0 Å². The second-order valence-electron chi connectivity index (χ2n) is 4.54. The predicted molar refractivity (Wildman–Crippen MR) is 78.1 cm³/mol. The lowest BCUT2D eigenvalue weighted by molar-refractivity contribution is 0.0951. The summed E-state index contributed by atoms with van der Waals surface area (Å²) in [7, 11) is 0. The number of anilines is 1. The maximum absolute atomic E-state index is 12.0. The summed E-state index contributed by atoms with van der Waals surface area (Å²) < 4.78 is 0. The third-order valence-corrected chi connectivity index (χ3v) is 3.18. The quantitative estimate of drug-likeness (QED) is 0.731. The third-order valence-electron chi connectivity index (χ3n) is 3.18. The number of carbonyl (C=O) groups is 1. The zero-order valence-corrected chi connectivity index (χ0v) is 12.1. The van der Waals surface area contributed by atoms with E-state index >= 15 is 0 Å². The van der Waals surface area contributed by atoms with Crippen LogP contribution in [0.1, 0.15) is 36.3 Å². The topological polar surface area (TPSA) is 71.2 Å². The van der Waals surface area contributed by atoms with Crippen LogP contribution in [0.2, 0.25) is 0 Å². The Labute approximate surface area is 115 Å². The molecule has 0 spiro atoms. The minimum Gasteiger partial charge on any atom is -0.397 e. The number of amides is 1. The minimum atomic E-state index is -0.100. The highest BCUT2D eigenvalue weighted by molar-refractivity contribution is 5.95. The molecule has 1 rings (SSSR count). The number of rotatable bonds is 7. The fourth-order valence-electron chi connectivity index (χ4n) is 1.92. The van der Waals surface area contributed by atoms with Crippen LogP contribution in [0.4, 0.5) is 5.69 Å². The lowest BCUT2D eigenvalue weighted by Gasteiger charge is -2.17. The molecule has 106 valence electrons. The van der Waals surface area contributed by atoms with E-state index in [2.05, 4.69) is 29.0 Å². The average molecular weight is 264 g/mol.